The topological polar surface area (TPSA) is 87.6 Å². The summed E-state index contributed by atoms with van der Waals surface area (Å²) in [5.41, 5.74) is 1.03. The van der Waals surface area contributed by atoms with Gasteiger partial charge in [-0.15, -0.1) is 4.98 Å². The van der Waals surface area contributed by atoms with Crippen molar-refractivity contribution < 1.29 is 14.6 Å². The van der Waals surface area contributed by atoms with Gasteiger partial charge in [0.05, 0.1) is 18.7 Å². The van der Waals surface area contributed by atoms with E-state index in [9.17, 15) is 9.90 Å². The number of methoxy groups -OCH3 is 1. The summed E-state index contributed by atoms with van der Waals surface area (Å²) in [5.74, 6) is -0.684. The fraction of sp³-hybridized carbons (Fsp3) is 0.0667. The maximum atomic E-state index is 11.3. The molecule has 1 aromatic carbocycles. The zero-order valence-corrected chi connectivity index (χ0v) is 11.0. The lowest BCUT2D eigenvalue weighted by molar-refractivity contribution is 0.0697. The third kappa shape index (κ3) is 2.65. The molecule has 1 heterocycles. The maximum Gasteiger partial charge on any atom is 0.340 e. The van der Waals surface area contributed by atoms with E-state index < -0.39 is 5.97 Å². The molecule has 0 radical (unpaired) electrons. The Balaban J connectivity index is 2.79. The van der Waals surface area contributed by atoms with Crippen LogP contribution in [0.1, 0.15) is 15.9 Å². The summed E-state index contributed by atoms with van der Waals surface area (Å²) in [4.78, 5) is 18.3. The van der Waals surface area contributed by atoms with Gasteiger partial charge in [0.25, 0.3) is 5.82 Å². The average Bonchev–Trinajstić information content (AvgIpc) is 2.53. The molecule has 0 saturated carbocycles. The van der Waals surface area contributed by atoms with Gasteiger partial charge >= 0.3 is 5.97 Å². The first-order valence-electron chi connectivity index (χ1n) is 5.80. The number of nitrogens with zero attached hydrogens (tertiary/aromatic N) is 3. The number of carboxylic acid groups (broad SMARTS) is 1. The molecule has 0 saturated heterocycles. The summed E-state index contributed by atoms with van der Waals surface area (Å²) >= 11 is 0. The van der Waals surface area contributed by atoms with E-state index in [-0.39, 0.29) is 16.9 Å². The quantitative estimate of drug-likeness (QED) is 0.873. The minimum absolute atomic E-state index is 0.0595. The Hall–Kier alpha value is -3.38. The molecule has 2 rings (SSSR count). The number of ether oxygens (including phenoxy) is 1. The first-order valence-corrected chi connectivity index (χ1v) is 5.80. The van der Waals surface area contributed by atoms with Crippen LogP contribution in [0.15, 0.2) is 30.5 Å². The summed E-state index contributed by atoms with van der Waals surface area (Å²) in [7, 11) is 1.45. The van der Waals surface area contributed by atoms with E-state index in [1.165, 1.54) is 19.2 Å². The van der Waals surface area contributed by atoms with Crippen LogP contribution in [-0.2, 0) is 0 Å². The summed E-state index contributed by atoms with van der Waals surface area (Å²) < 4.78 is 5.21. The van der Waals surface area contributed by atoms with Crippen LogP contribution in [0.2, 0.25) is 0 Å². The van der Waals surface area contributed by atoms with Crippen molar-refractivity contribution in [3.63, 3.8) is 0 Å². The van der Waals surface area contributed by atoms with Crippen LogP contribution in [0.3, 0.4) is 0 Å². The van der Waals surface area contributed by atoms with Crippen molar-refractivity contribution in [2.45, 2.75) is 0 Å². The second kappa shape index (κ2) is 5.72. The Labute approximate surface area is 120 Å². The predicted octanol–water partition coefficient (Wildman–Crippen LogP) is 2.88. The number of benzene rings is 1. The Bertz CT molecular complexity index is 801. The van der Waals surface area contributed by atoms with Crippen molar-refractivity contribution in [3.8, 4) is 22.9 Å². The maximum absolute atomic E-state index is 11.3. The number of aromatic carboxylic acids is 1. The van der Waals surface area contributed by atoms with E-state index in [2.05, 4.69) is 9.83 Å². The van der Waals surface area contributed by atoms with Crippen molar-refractivity contribution in [1.82, 2.24) is 4.98 Å². The van der Waals surface area contributed by atoms with Crippen LogP contribution in [-0.4, -0.2) is 23.2 Å². The van der Waals surface area contributed by atoms with Crippen LogP contribution in [0.5, 0.6) is 5.75 Å². The molecule has 2 aromatic rings. The molecule has 0 unspecified atom stereocenters. The fourth-order valence-electron chi connectivity index (χ4n) is 1.89. The largest absolute Gasteiger partial charge is 0.496 e. The van der Waals surface area contributed by atoms with Gasteiger partial charge in [-0.1, -0.05) is 6.57 Å². The highest BCUT2D eigenvalue weighted by Gasteiger charge is 2.18. The Morgan fingerprint density at radius 1 is 1.43 bits per heavy atom. The predicted molar refractivity (Wildman–Crippen MR) is 74.2 cm³/mol. The number of aromatic nitrogens is 1. The van der Waals surface area contributed by atoms with Crippen molar-refractivity contribution in [1.29, 1.82) is 5.26 Å². The van der Waals surface area contributed by atoms with Gasteiger partial charge < -0.3 is 14.7 Å². The third-order valence-electron chi connectivity index (χ3n) is 2.85. The molecule has 102 valence electrons. The summed E-state index contributed by atoms with van der Waals surface area (Å²) in [6.45, 7) is 6.99. The molecule has 6 heteroatoms. The molecular weight excluding hydrogens is 270 g/mol. The van der Waals surface area contributed by atoms with E-state index in [4.69, 9.17) is 16.6 Å². The lowest BCUT2D eigenvalue weighted by atomic mass is 9.98. The van der Waals surface area contributed by atoms with Crippen LogP contribution >= 0.6 is 0 Å². The third-order valence-corrected chi connectivity index (χ3v) is 2.85. The molecule has 21 heavy (non-hydrogen) atoms. The van der Waals surface area contributed by atoms with Gasteiger partial charge in [0, 0.05) is 5.56 Å². The molecule has 6 nitrogen and oxygen atoms in total. The van der Waals surface area contributed by atoms with Crippen molar-refractivity contribution in [3.05, 3.63) is 53.0 Å². The smallest absolute Gasteiger partial charge is 0.340 e. The first-order chi connectivity index (χ1) is 10.1. The summed E-state index contributed by atoms with van der Waals surface area (Å²) in [5, 5.41) is 18.2. The number of hydrogen-bond donors (Lipinski definition) is 1. The SMILES string of the molecule is [C-]#[N+]c1cc(-c2cc(C#N)ccc2OC)c(C(=O)O)cn1. The van der Waals surface area contributed by atoms with Crippen LogP contribution in [0, 0.1) is 17.9 Å². The Morgan fingerprint density at radius 2 is 2.19 bits per heavy atom. The van der Waals surface area contributed by atoms with Crippen LogP contribution in [0.4, 0.5) is 5.82 Å². The van der Waals surface area contributed by atoms with Gasteiger partial charge in [0.2, 0.25) is 0 Å². The molecule has 1 aromatic heterocycles. The van der Waals surface area contributed by atoms with Crippen LogP contribution in [0.25, 0.3) is 16.0 Å². The number of pyridine rings is 1. The molecule has 0 bridgehead atoms. The van der Waals surface area contributed by atoms with E-state index in [0.29, 0.717) is 16.9 Å². The molecule has 0 amide bonds. The number of carboxylic acids is 1. The standard InChI is InChI=1S/C15H9N3O3/c1-17-14-6-10(12(8-18-14)15(19)20)11-5-9(7-16)3-4-13(11)21-2/h3-6,8H,2H3,(H,19,20). The normalized spacial score (nSPS) is 9.48. The highest BCUT2D eigenvalue weighted by Crippen LogP contribution is 2.34. The van der Waals surface area contributed by atoms with Crippen molar-refractivity contribution >= 4 is 11.8 Å². The van der Waals surface area contributed by atoms with Gasteiger partial charge in [-0.05, 0) is 29.8 Å². The second-order valence-electron chi connectivity index (χ2n) is 4.03. The first kappa shape index (κ1) is 14.0. The highest BCUT2D eigenvalue weighted by molar-refractivity contribution is 5.97. The van der Waals surface area contributed by atoms with Crippen LogP contribution < -0.4 is 4.74 Å². The molecule has 1 N–H and O–H groups in total. The Kier molecular flexibility index (Phi) is 3.83. The summed E-state index contributed by atoms with van der Waals surface area (Å²) in [6, 6.07) is 8.03. The Morgan fingerprint density at radius 3 is 2.76 bits per heavy atom. The lowest BCUT2D eigenvalue weighted by Gasteiger charge is -2.11. The van der Waals surface area contributed by atoms with Gasteiger partial charge in [0.1, 0.15) is 17.5 Å². The molecular formula is C15H9N3O3. The zero-order chi connectivity index (χ0) is 15.4. The average molecular weight is 279 g/mol. The highest BCUT2D eigenvalue weighted by atomic mass is 16.5. The summed E-state index contributed by atoms with van der Waals surface area (Å²) in [6.07, 6.45) is 1.13. The molecule has 0 spiro atoms. The molecule has 0 atom stereocenters. The minimum Gasteiger partial charge on any atom is -0.496 e. The molecule has 0 aliphatic carbocycles. The number of nitriles is 1. The van der Waals surface area contributed by atoms with Gasteiger partial charge in [0.15, 0.2) is 0 Å². The molecule has 0 fully saturated rings. The van der Waals surface area contributed by atoms with Gasteiger partial charge in [-0.3, -0.25) is 0 Å². The van der Waals surface area contributed by atoms with E-state index in [1.807, 2.05) is 6.07 Å². The van der Waals surface area contributed by atoms with E-state index in [0.717, 1.165) is 6.20 Å². The lowest BCUT2D eigenvalue weighted by Crippen LogP contribution is -2.01. The second-order valence-corrected chi connectivity index (χ2v) is 4.03. The number of carbonyl (C=O) groups is 1. The minimum atomic E-state index is -1.17. The number of hydrogen-bond acceptors (Lipinski definition) is 4. The van der Waals surface area contributed by atoms with Gasteiger partial charge in [-0.25, -0.2) is 4.79 Å². The number of rotatable bonds is 3. The van der Waals surface area contributed by atoms with E-state index >= 15 is 0 Å². The molecule has 0 aliphatic rings. The fourth-order valence-corrected chi connectivity index (χ4v) is 1.89. The molecule has 0 aliphatic heterocycles. The van der Waals surface area contributed by atoms with Crippen molar-refractivity contribution in [2.75, 3.05) is 7.11 Å². The zero-order valence-electron chi connectivity index (χ0n) is 11.0. The van der Waals surface area contributed by atoms with Crippen molar-refractivity contribution in [2.24, 2.45) is 0 Å². The van der Waals surface area contributed by atoms with E-state index in [1.54, 1.807) is 12.1 Å². The monoisotopic (exact) mass is 279 g/mol. The van der Waals surface area contributed by atoms with Gasteiger partial charge in [-0.2, -0.15) is 5.26 Å².